The first kappa shape index (κ1) is 25.9. The molecule has 0 bridgehead atoms. The number of aliphatic hydroxyl groups is 1. The molecule has 0 heterocycles. The average Bonchev–Trinajstić information content (AvgIpc) is 2.59. The normalized spacial score (nSPS) is 13.5. The summed E-state index contributed by atoms with van der Waals surface area (Å²) < 4.78 is 0. The maximum atomic E-state index is 11.9. The molecule has 5 N–H and O–H groups in total. The summed E-state index contributed by atoms with van der Waals surface area (Å²) in [6, 6.07) is -0.922. The first-order chi connectivity index (χ1) is 12.9. The van der Waals surface area contributed by atoms with E-state index in [0.29, 0.717) is 25.8 Å². The van der Waals surface area contributed by atoms with Crippen LogP contribution in [0, 0.1) is 5.92 Å². The van der Waals surface area contributed by atoms with Gasteiger partial charge in [0.15, 0.2) is 0 Å². The molecule has 0 radical (unpaired) electrons. The predicted octanol–water partition coefficient (Wildman–Crippen LogP) is 3.60. The van der Waals surface area contributed by atoms with Crippen molar-refractivity contribution in [3.63, 3.8) is 0 Å². The van der Waals surface area contributed by atoms with Gasteiger partial charge in [-0.3, -0.25) is 4.79 Å². The highest BCUT2D eigenvalue weighted by Crippen LogP contribution is 2.14. The van der Waals surface area contributed by atoms with Crippen molar-refractivity contribution in [1.82, 2.24) is 5.32 Å². The van der Waals surface area contributed by atoms with E-state index in [0.717, 1.165) is 18.8 Å². The lowest BCUT2D eigenvalue weighted by Gasteiger charge is -2.16. The number of hydrogen-bond acceptors (Lipinski definition) is 4. The maximum absolute atomic E-state index is 11.9. The Hall–Kier alpha value is -1.14. The molecular formula is C21H42N2O4. The molecule has 0 spiro atoms. The topological polar surface area (TPSA) is 113 Å². The number of carboxylic acids is 1. The van der Waals surface area contributed by atoms with Crippen molar-refractivity contribution in [3.05, 3.63) is 0 Å². The van der Waals surface area contributed by atoms with Crippen molar-refractivity contribution >= 4 is 11.9 Å². The summed E-state index contributed by atoms with van der Waals surface area (Å²) in [6.07, 6.45) is 11.6. The van der Waals surface area contributed by atoms with Gasteiger partial charge in [-0.25, -0.2) is 4.79 Å². The lowest BCUT2D eigenvalue weighted by Crippen LogP contribution is -2.42. The molecule has 0 saturated heterocycles. The Balaban J connectivity index is 3.65. The third kappa shape index (κ3) is 16.7. The predicted molar refractivity (Wildman–Crippen MR) is 109 cm³/mol. The zero-order valence-corrected chi connectivity index (χ0v) is 17.4. The SMILES string of the molecule is CC(C)CCCCCCCCCCC(O)CC(=O)N[C@@H](CCCN)C(=O)O. The molecule has 0 aliphatic carbocycles. The Morgan fingerprint density at radius 2 is 1.37 bits per heavy atom. The summed E-state index contributed by atoms with van der Waals surface area (Å²) in [5.41, 5.74) is 5.37. The first-order valence-electron chi connectivity index (χ1n) is 10.8. The molecule has 6 heteroatoms. The number of rotatable bonds is 18. The van der Waals surface area contributed by atoms with Gasteiger partial charge in [0.2, 0.25) is 5.91 Å². The molecule has 0 aromatic carbocycles. The maximum Gasteiger partial charge on any atom is 0.326 e. The minimum atomic E-state index is -1.06. The number of nitrogens with two attached hydrogens (primary N) is 1. The van der Waals surface area contributed by atoms with E-state index in [1.54, 1.807) is 0 Å². The molecule has 27 heavy (non-hydrogen) atoms. The van der Waals surface area contributed by atoms with Crippen molar-refractivity contribution in [2.45, 2.75) is 109 Å². The van der Waals surface area contributed by atoms with Crippen LogP contribution in [0.1, 0.15) is 97.3 Å². The summed E-state index contributed by atoms with van der Waals surface area (Å²) in [4.78, 5) is 23.0. The molecule has 0 aromatic heterocycles. The number of unbranched alkanes of at least 4 members (excludes halogenated alkanes) is 7. The second-order valence-electron chi connectivity index (χ2n) is 8.05. The third-order valence-electron chi connectivity index (χ3n) is 4.82. The minimum absolute atomic E-state index is 0.0394. The molecule has 0 aliphatic heterocycles. The molecule has 0 aliphatic rings. The number of carboxylic acid groups (broad SMARTS) is 1. The van der Waals surface area contributed by atoms with Crippen LogP contribution in [0.5, 0.6) is 0 Å². The van der Waals surface area contributed by atoms with Gasteiger partial charge in [-0.2, -0.15) is 0 Å². The number of amides is 1. The van der Waals surface area contributed by atoms with Crippen LogP contribution in [0.15, 0.2) is 0 Å². The number of carbonyl (C=O) groups is 2. The summed E-state index contributed by atoms with van der Waals surface area (Å²) in [7, 11) is 0. The van der Waals surface area contributed by atoms with Gasteiger partial charge >= 0.3 is 5.97 Å². The fourth-order valence-corrected chi connectivity index (χ4v) is 3.14. The van der Waals surface area contributed by atoms with Gasteiger partial charge in [0, 0.05) is 0 Å². The van der Waals surface area contributed by atoms with E-state index < -0.39 is 24.0 Å². The van der Waals surface area contributed by atoms with Crippen LogP contribution in [0.2, 0.25) is 0 Å². The number of aliphatic carboxylic acids is 1. The molecule has 0 fully saturated rings. The Morgan fingerprint density at radius 3 is 1.85 bits per heavy atom. The van der Waals surface area contributed by atoms with Gasteiger partial charge in [0.25, 0.3) is 0 Å². The second kappa shape index (κ2) is 17.0. The zero-order valence-electron chi connectivity index (χ0n) is 17.4. The molecule has 6 nitrogen and oxygen atoms in total. The van der Waals surface area contributed by atoms with Crippen LogP contribution >= 0.6 is 0 Å². The quantitative estimate of drug-likeness (QED) is 0.269. The van der Waals surface area contributed by atoms with Crippen molar-refractivity contribution in [3.8, 4) is 0 Å². The molecule has 0 rings (SSSR count). The summed E-state index contributed by atoms with van der Waals surface area (Å²) in [5, 5.41) is 21.5. The highest BCUT2D eigenvalue weighted by molar-refractivity contribution is 5.83. The largest absolute Gasteiger partial charge is 0.480 e. The molecular weight excluding hydrogens is 344 g/mol. The number of nitrogens with one attached hydrogen (secondary N) is 1. The summed E-state index contributed by atoms with van der Waals surface area (Å²) in [6.45, 7) is 4.93. The van der Waals surface area contributed by atoms with Gasteiger partial charge in [-0.1, -0.05) is 71.6 Å². The van der Waals surface area contributed by atoms with E-state index >= 15 is 0 Å². The third-order valence-corrected chi connectivity index (χ3v) is 4.82. The Labute approximate surface area is 165 Å². The van der Waals surface area contributed by atoms with Crippen LogP contribution in [0.4, 0.5) is 0 Å². The lowest BCUT2D eigenvalue weighted by atomic mass is 10.0. The Kier molecular flexibility index (Phi) is 16.3. The highest BCUT2D eigenvalue weighted by atomic mass is 16.4. The van der Waals surface area contributed by atoms with Crippen LogP contribution < -0.4 is 11.1 Å². The standard InChI is InChI=1S/C21H42N2O4/c1-17(2)12-9-7-5-3-4-6-8-10-13-18(24)16-20(25)23-19(21(26)27)14-11-15-22/h17-19,24H,3-16,22H2,1-2H3,(H,23,25)(H,26,27)/t18?,19-/m0/s1. The van der Waals surface area contributed by atoms with Crippen molar-refractivity contribution in [2.75, 3.05) is 6.54 Å². The van der Waals surface area contributed by atoms with E-state index in [9.17, 15) is 14.7 Å². The van der Waals surface area contributed by atoms with Crippen LogP contribution in [-0.4, -0.2) is 40.8 Å². The van der Waals surface area contributed by atoms with E-state index in [1.807, 2.05) is 0 Å². The second-order valence-corrected chi connectivity index (χ2v) is 8.05. The highest BCUT2D eigenvalue weighted by Gasteiger charge is 2.20. The van der Waals surface area contributed by atoms with Crippen LogP contribution in [-0.2, 0) is 9.59 Å². The van der Waals surface area contributed by atoms with Gasteiger partial charge in [-0.05, 0) is 31.7 Å². The van der Waals surface area contributed by atoms with E-state index in [1.165, 1.54) is 44.9 Å². The van der Waals surface area contributed by atoms with E-state index in [-0.39, 0.29) is 6.42 Å². The first-order valence-corrected chi connectivity index (χ1v) is 10.8. The van der Waals surface area contributed by atoms with Gasteiger partial charge in [-0.15, -0.1) is 0 Å². The molecule has 1 unspecified atom stereocenters. The zero-order chi connectivity index (χ0) is 20.5. The monoisotopic (exact) mass is 386 g/mol. The van der Waals surface area contributed by atoms with Gasteiger partial charge in [0.1, 0.15) is 6.04 Å². The summed E-state index contributed by atoms with van der Waals surface area (Å²) >= 11 is 0. The van der Waals surface area contributed by atoms with Gasteiger partial charge < -0.3 is 21.3 Å². The molecule has 0 saturated carbocycles. The molecule has 1 amide bonds. The number of carbonyl (C=O) groups excluding carboxylic acids is 1. The number of aliphatic hydroxyl groups excluding tert-OH is 1. The van der Waals surface area contributed by atoms with Crippen LogP contribution in [0.25, 0.3) is 0 Å². The van der Waals surface area contributed by atoms with Gasteiger partial charge in [0.05, 0.1) is 12.5 Å². The fourth-order valence-electron chi connectivity index (χ4n) is 3.14. The van der Waals surface area contributed by atoms with E-state index in [4.69, 9.17) is 10.8 Å². The summed E-state index contributed by atoms with van der Waals surface area (Å²) in [5.74, 6) is -0.664. The van der Waals surface area contributed by atoms with E-state index in [2.05, 4.69) is 19.2 Å². The fraction of sp³-hybridized carbons (Fsp3) is 0.905. The van der Waals surface area contributed by atoms with Crippen molar-refractivity contribution < 1.29 is 19.8 Å². The number of hydrogen-bond donors (Lipinski definition) is 4. The average molecular weight is 387 g/mol. The van der Waals surface area contributed by atoms with Crippen molar-refractivity contribution in [2.24, 2.45) is 11.7 Å². The molecule has 160 valence electrons. The Morgan fingerprint density at radius 1 is 0.852 bits per heavy atom. The molecule has 0 aromatic rings. The van der Waals surface area contributed by atoms with Crippen molar-refractivity contribution in [1.29, 1.82) is 0 Å². The lowest BCUT2D eigenvalue weighted by molar-refractivity contribution is -0.142. The minimum Gasteiger partial charge on any atom is -0.480 e. The van der Waals surface area contributed by atoms with Crippen LogP contribution in [0.3, 0.4) is 0 Å². The molecule has 2 atom stereocenters. The Bertz CT molecular complexity index is 388. The smallest absolute Gasteiger partial charge is 0.326 e.